The fraction of sp³-hybridized carbons (Fsp3) is 0.435. The van der Waals surface area contributed by atoms with Crippen molar-refractivity contribution < 1.29 is 4.79 Å². The molecule has 5 nitrogen and oxygen atoms in total. The van der Waals surface area contributed by atoms with Crippen LogP contribution in [0.15, 0.2) is 48.5 Å². The van der Waals surface area contributed by atoms with E-state index in [9.17, 15) is 4.79 Å². The van der Waals surface area contributed by atoms with Crippen molar-refractivity contribution in [1.29, 1.82) is 0 Å². The average Bonchev–Trinajstić information content (AvgIpc) is 2.77. The maximum absolute atomic E-state index is 12.2. The van der Waals surface area contributed by atoms with Gasteiger partial charge in [-0.2, -0.15) is 11.8 Å². The zero-order chi connectivity index (χ0) is 20.5. The Hall–Kier alpha value is -2.34. The molecule has 1 fully saturated rings. The monoisotopic (exact) mass is 412 g/mol. The van der Waals surface area contributed by atoms with E-state index < -0.39 is 0 Å². The molecule has 3 rings (SSSR count). The third kappa shape index (κ3) is 6.32. The summed E-state index contributed by atoms with van der Waals surface area (Å²) in [7, 11) is 0. The molecular formula is C23H32N4OS. The molecule has 1 saturated heterocycles. The summed E-state index contributed by atoms with van der Waals surface area (Å²) < 4.78 is 0. The van der Waals surface area contributed by atoms with Crippen molar-refractivity contribution in [3.63, 3.8) is 0 Å². The predicted octanol–water partition coefficient (Wildman–Crippen LogP) is 3.87. The SMILES string of the molecule is CCN(CCNC(=O)NCc1ccc(N2CCSCC2)cc1)c1ccccc1C. The summed E-state index contributed by atoms with van der Waals surface area (Å²) in [5, 5.41) is 5.92. The van der Waals surface area contributed by atoms with E-state index in [-0.39, 0.29) is 6.03 Å². The smallest absolute Gasteiger partial charge is 0.315 e. The van der Waals surface area contributed by atoms with Crippen molar-refractivity contribution >= 4 is 29.2 Å². The second-order valence-electron chi connectivity index (χ2n) is 7.24. The normalized spacial score (nSPS) is 13.8. The Balaban J connectivity index is 1.40. The molecular weight excluding hydrogens is 380 g/mol. The zero-order valence-corrected chi connectivity index (χ0v) is 18.3. The molecule has 0 atom stereocenters. The van der Waals surface area contributed by atoms with Gasteiger partial charge in [-0.3, -0.25) is 0 Å². The molecule has 0 radical (unpaired) electrons. The van der Waals surface area contributed by atoms with Gasteiger partial charge in [-0.05, 0) is 43.2 Å². The molecule has 6 heteroatoms. The van der Waals surface area contributed by atoms with Crippen LogP contribution >= 0.6 is 11.8 Å². The van der Waals surface area contributed by atoms with Crippen LogP contribution < -0.4 is 20.4 Å². The highest BCUT2D eigenvalue weighted by Gasteiger charge is 2.11. The van der Waals surface area contributed by atoms with Crippen LogP contribution in [-0.4, -0.2) is 50.3 Å². The van der Waals surface area contributed by atoms with Gasteiger partial charge >= 0.3 is 6.03 Å². The summed E-state index contributed by atoms with van der Waals surface area (Å²) in [6.45, 7) is 9.33. The lowest BCUT2D eigenvalue weighted by molar-refractivity contribution is 0.240. The molecule has 2 N–H and O–H groups in total. The summed E-state index contributed by atoms with van der Waals surface area (Å²) in [4.78, 5) is 16.9. The van der Waals surface area contributed by atoms with E-state index in [0.717, 1.165) is 31.7 Å². The van der Waals surface area contributed by atoms with Crippen LogP contribution in [0.2, 0.25) is 0 Å². The Labute approximate surface area is 178 Å². The standard InChI is InChI=1S/C23H32N4OS/c1-3-26(22-7-5-4-6-19(22)2)13-12-24-23(28)25-18-20-8-10-21(11-9-20)27-14-16-29-17-15-27/h4-11H,3,12-18H2,1-2H3,(H2,24,25,28). The summed E-state index contributed by atoms with van der Waals surface area (Å²) >= 11 is 2.02. The van der Waals surface area contributed by atoms with Crippen LogP contribution in [0, 0.1) is 6.92 Å². The molecule has 0 aliphatic carbocycles. The highest BCUT2D eigenvalue weighted by atomic mass is 32.2. The van der Waals surface area contributed by atoms with Gasteiger partial charge in [0.25, 0.3) is 0 Å². The lowest BCUT2D eigenvalue weighted by Crippen LogP contribution is -2.40. The summed E-state index contributed by atoms with van der Waals surface area (Å²) in [5.41, 5.74) is 4.87. The Bertz CT molecular complexity index is 775. The fourth-order valence-electron chi connectivity index (χ4n) is 3.56. The van der Waals surface area contributed by atoms with E-state index in [1.54, 1.807) is 0 Å². The number of aryl methyl sites for hydroxylation is 1. The number of urea groups is 1. The molecule has 2 amide bonds. The number of amides is 2. The van der Waals surface area contributed by atoms with Crippen LogP contribution in [0.1, 0.15) is 18.1 Å². The van der Waals surface area contributed by atoms with Crippen LogP contribution in [0.4, 0.5) is 16.2 Å². The molecule has 2 aromatic rings. The lowest BCUT2D eigenvalue weighted by atomic mass is 10.2. The maximum atomic E-state index is 12.2. The van der Waals surface area contributed by atoms with Gasteiger partial charge in [0.15, 0.2) is 0 Å². The fourth-order valence-corrected chi connectivity index (χ4v) is 4.47. The van der Waals surface area contributed by atoms with E-state index in [1.807, 2.05) is 11.8 Å². The van der Waals surface area contributed by atoms with Gasteiger partial charge in [0, 0.05) is 62.1 Å². The molecule has 1 heterocycles. The largest absolute Gasteiger partial charge is 0.370 e. The number of hydrogen-bond donors (Lipinski definition) is 2. The zero-order valence-electron chi connectivity index (χ0n) is 17.5. The number of thioether (sulfide) groups is 1. The second-order valence-corrected chi connectivity index (χ2v) is 8.47. The van der Waals surface area contributed by atoms with Gasteiger partial charge in [-0.15, -0.1) is 0 Å². The van der Waals surface area contributed by atoms with Gasteiger partial charge in [0.1, 0.15) is 0 Å². The van der Waals surface area contributed by atoms with E-state index in [2.05, 4.69) is 82.8 Å². The molecule has 0 spiro atoms. The Kier molecular flexibility index (Phi) is 8.11. The second kappa shape index (κ2) is 11.0. The van der Waals surface area contributed by atoms with E-state index >= 15 is 0 Å². The molecule has 156 valence electrons. The van der Waals surface area contributed by atoms with Crippen molar-refractivity contribution in [3.05, 3.63) is 59.7 Å². The molecule has 0 unspecified atom stereocenters. The third-order valence-corrected chi connectivity index (χ3v) is 6.21. The number of nitrogens with zero attached hydrogens (tertiary/aromatic N) is 2. The predicted molar refractivity (Wildman–Crippen MR) is 125 cm³/mol. The summed E-state index contributed by atoms with van der Waals surface area (Å²) in [6, 6.07) is 16.8. The molecule has 29 heavy (non-hydrogen) atoms. The Morgan fingerprint density at radius 2 is 1.79 bits per heavy atom. The van der Waals surface area contributed by atoms with Crippen LogP contribution in [-0.2, 0) is 6.54 Å². The number of nitrogens with one attached hydrogen (secondary N) is 2. The minimum absolute atomic E-state index is 0.122. The van der Waals surface area contributed by atoms with Gasteiger partial charge in [0.05, 0.1) is 0 Å². The Morgan fingerprint density at radius 3 is 2.48 bits per heavy atom. The summed E-state index contributed by atoms with van der Waals surface area (Å²) in [5.74, 6) is 2.39. The molecule has 0 saturated carbocycles. The van der Waals surface area contributed by atoms with Gasteiger partial charge in [0.2, 0.25) is 0 Å². The first kappa shape index (κ1) is 21.4. The van der Waals surface area contributed by atoms with Crippen molar-refractivity contribution in [2.45, 2.75) is 20.4 Å². The topological polar surface area (TPSA) is 47.6 Å². The van der Waals surface area contributed by atoms with Crippen LogP contribution in [0.5, 0.6) is 0 Å². The van der Waals surface area contributed by atoms with Gasteiger partial charge in [-0.25, -0.2) is 4.79 Å². The van der Waals surface area contributed by atoms with Crippen molar-refractivity contribution in [1.82, 2.24) is 10.6 Å². The molecule has 2 aromatic carbocycles. The first-order chi connectivity index (χ1) is 14.2. The van der Waals surface area contributed by atoms with Crippen LogP contribution in [0.3, 0.4) is 0 Å². The highest BCUT2D eigenvalue weighted by molar-refractivity contribution is 7.99. The van der Waals surface area contributed by atoms with E-state index in [4.69, 9.17) is 0 Å². The molecule has 0 bridgehead atoms. The quantitative estimate of drug-likeness (QED) is 0.691. The first-order valence-electron chi connectivity index (χ1n) is 10.4. The van der Waals surface area contributed by atoms with Gasteiger partial charge in [-0.1, -0.05) is 30.3 Å². The average molecular weight is 413 g/mol. The third-order valence-electron chi connectivity index (χ3n) is 5.27. The van der Waals surface area contributed by atoms with Crippen LogP contribution in [0.25, 0.3) is 0 Å². The van der Waals surface area contributed by atoms with E-state index in [1.165, 1.54) is 28.4 Å². The number of rotatable bonds is 8. The molecule has 1 aliphatic rings. The van der Waals surface area contributed by atoms with Gasteiger partial charge < -0.3 is 20.4 Å². The number of benzene rings is 2. The van der Waals surface area contributed by atoms with Crippen molar-refractivity contribution in [2.24, 2.45) is 0 Å². The Morgan fingerprint density at radius 1 is 1.07 bits per heavy atom. The minimum Gasteiger partial charge on any atom is -0.370 e. The molecule has 1 aliphatic heterocycles. The number of anilines is 2. The highest BCUT2D eigenvalue weighted by Crippen LogP contribution is 2.20. The van der Waals surface area contributed by atoms with Crippen molar-refractivity contribution in [3.8, 4) is 0 Å². The number of hydrogen-bond acceptors (Lipinski definition) is 4. The van der Waals surface area contributed by atoms with E-state index in [0.29, 0.717) is 13.1 Å². The number of carbonyl (C=O) groups excluding carboxylic acids is 1. The summed E-state index contributed by atoms with van der Waals surface area (Å²) in [6.07, 6.45) is 0. The lowest BCUT2D eigenvalue weighted by Gasteiger charge is -2.28. The molecule has 0 aromatic heterocycles. The minimum atomic E-state index is -0.122. The maximum Gasteiger partial charge on any atom is 0.315 e. The number of likely N-dealkylation sites (N-methyl/N-ethyl adjacent to an activating group) is 1. The van der Waals surface area contributed by atoms with Crippen molar-refractivity contribution in [2.75, 3.05) is 54.0 Å². The number of carbonyl (C=O) groups is 1. The first-order valence-corrected chi connectivity index (χ1v) is 11.6. The number of para-hydroxylation sites is 1.